The number of amides is 2. The van der Waals surface area contributed by atoms with Crippen LogP contribution in [0.25, 0.3) is 11.0 Å². The summed E-state index contributed by atoms with van der Waals surface area (Å²) >= 11 is 0. The summed E-state index contributed by atoms with van der Waals surface area (Å²) in [7, 11) is 0. The second-order valence-electron chi connectivity index (χ2n) is 10.2. The molecule has 2 amide bonds. The fourth-order valence-electron chi connectivity index (χ4n) is 6.42. The Morgan fingerprint density at radius 2 is 1.89 bits per heavy atom. The van der Waals surface area contributed by atoms with Crippen molar-refractivity contribution in [3.8, 4) is 5.75 Å². The Morgan fingerprint density at radius 3 is 2.69 bits per heavy atom. The zero-order chi connectivity index (χ0) is 23.8. The Morgan fingerprint density at radius 1 is 1.06 bits per heavy atom. The van der Waals surface area contributed by atoms with Crippen LogP contribution in [0, 0.1) is 5.92 Å². The Kier molecular flexibility index (Phi) is 5.96. The molecule has 0 aliphatic carbocycles. The van der Waals surface area contributed by atoms with Crippen LogP contribution in [0.3, 0.4) is 0 Å². The topological polar surface area (TPSA) is 63.0 Å². The first kappa shape index (κ1) is 22.2. The van der Waals surface area contributed by atoms with Gasteiger partial charge >= 0.3 is 0 Å². The molecule has 3 fully saturated rings. The van der Waals surface area contributed by atoms with Gasteiger partial charge in [0, 0.05) is 36.0 Å². The van der Waals surface area contributed by atoms with Crippen molar-refractivity contribution in [1.29, 1.82) is 0 Å². The van der Waals surface area contributed by atoms with E-state index in [1.807, 2.05) is 35.2 Å². The summed E-state index contributed by atoms with van der Waals surface area (Å²) in [6.45, 7) is 1.86. The lowest BCUT2D eigenvalue weighted by Gasteiger charge is -2.39. The summed E-state index contributed by atoms with van der Waals surface area (Å²) in [5, 5.41) is 1.21. The number of hydrogen-bond acceptors (Lipinski definition) is 4. The first-order chi connectivity index (χ1) is 17.2. The molecular weight excluding hydrogens is 440 g/mol. The van der Waals surface area contributed by atoms with Gasteiger partial charge < -0.3 is 19.0 Å². The van der Waals surface area contributed by atoms with Crippen molar-refractivity contribution in [3.63, 3.8) is 0 Å². The number of nitrogens with zero attached hydrogens (tertiary/aromatic N) is 2. The fourth-order valence-corrected chi connectivity index (χ4v) is 6.42. The highest BCUT2D eigenvalue weighted by Crippen LogP contribution is 2.41. The number of rotatable bonds is 7. The van der Waals surface area contributed by atoms with Crippen molar-refractivity contribution in [2.45, 2.75) is 57.0 Å². The number of fused-ring (bicyclic) bond motifs is 3. The summed E-state index contributed by atoms with van der Waals surface area (Å²) in [5.74, 6) is 1.60. The van der Waals surface area contributed by atoms with Gasteiger partial charge in [0.05, 0.1) is 12.8 Å². The number of carbonyl (C=O) groups excluding carboxylic acids is 2. The van der Waals surface area contributed by atoms with Gasteiger partial charge in [-0.2, -0.15) is 0 Å². The molecule has 4 heterocycles. The second kappa shape index (κ2) is 9.40. The van der Waals surface area contributed by atoms with Crippen LogP contribution in [0.15, 0.2) is 59.2 Å². The second-order valence-corrected chi connectivity index (χ2v) is 10.2. The SMILES string of the molecule is O=C1CCCN1CCOc1cccc(C(=O)N2[C@H]3CC[C@H]2CC(Cc2cccc4occc24)C3)c1. The molecular formula is C29H32N2O4. The highest BCUT2D eigenvalue weighted by molar-refractivity contribution is 5.95. The van der Waals surface area contributed by atoms with E-state index in [9.17, 15) is 9.59 Å². The monoisotopic (exact) mass is 472 g/mol. The van der Waals surface area contributed by atoms with E-state index in [2.05, 4.69) is 23.1 Å². The van der Waals surface area contributed by atoms with Crippen LogP contribution in [0.5, 0.6) is 5.75 Å². The number of carbonyl (C=O) groups is 2. The van der Waals surface area contributed by atoms with E-state index in [0.29, 0.717) is 48.9 Å². The summed E-state index contributed by atoms with van der Waals surface area (Å²) in [4.78, 5) is 29.3. The van der Waals surface area contributed by atoms with Gasteiger partial charge in [-0.05, 0) is 80.3 Å². The number of benzene rings is 2. The van der Waals surface area contributed by atoms with Crippen LogP contribution in [-0.2, 0) is 11.2 Å². The number of furan rings is 1. The van der Waals surface area contributed by atoms with Crippen LogP contribution in [0.4, 0.5) is 0 Å². The fraction of sp³-hybridized carbons (Fsp3) is 0.448. The minimum absolute atomic E-state index is 0.119. The molecule has 35 heavy (non-hydrogen) atoms. The van der Waals surface area contributed by atoms with Gasteiger partial charge in [0.2, 0.25) is 5.91 Å². The van der Waals surface area contributed by atoms with Crippen molar-refractivity contribution in [2.24, 2.45) is 5.92 Å². The molecule has 6 rings (SSSR count). The third-order valence-corrected chi connectivity index (χ3v) is 8.04. The maximum Gasteiger partial charge on any atom is 0.254 e. The zero-order valence-corrected chi connectivity index (χ0v) is 20.0. The van der Waals surface area contributed by atoms with Crippen molar-refractivity contribution in [2.75, 3.05) is 19.7 Å². The Labute approximate surface area is 205 Å². The molecule has 0 unspecified atom stereocenters. The lowest BCUT2D eigenvalue weighted by atomic mass is 9.85. The molecule has 6 nitrogen and oxygen atoms in total. The quantitative estimate of drug-likeness (QED) is 0.482. The summed E-state index contributed by atoms with van der Waals surface area (Å²) in [6.07, 6.45) is 8.65. The van der Waals surface area contributed by atoms with Gasteiger partial charge in [-0.25, -0.2) is 0 Å². The van der Waals surface area contributed by atoms with Gasteiger partial charge in [0.15, 0.2) is 0 Å². The van der Waals surface area contributed by atoms with Crippen LogP contribution in [0.2, 0.25) is 0 Å². The minimum Gasteiger partial charge on any atom is -0.492 e. The van der Waals surface area contributed by atoms with Crippen LogP contribution < -0.4 is 4.74 Å². The standard InChI is InChI=1S/C29H32N2O4/c32-28-8-3-12-30(28)13-15-34-25-6-1-5-22(19-25)29(33)31-23-9-10-24(31)18-20(17-23)16-21-4-2-7-27-26(21)11-14-35-27/h1-2,4-7,11,14,19-20,23-24H,3,8-10,12-13,15-18H2/t23-,24-/m0/s1. The Balaban J connectivity index is 1.09. The smallest absolute Gasteiger partial charge is 0.254 e. The molecule has 3 aliphatic rings. The number of likely N-dealkylation sites (tertiary alicyclic amines) is 1. The predicted molar refractivity (Wildman–Crippen MR) is 133 cm³/mol. The van der Waals surface area contributed by atoms with Gasteiger partial charge in [-0.3, -0.25) is 9.59 Å². The molecule has 3 aliphatic heterocycles. The Bertz CT molecular complexity index is 1220. The number of ether oxygens (including phenoxy) is 1. The Hall–Kier alpha value is -3.28. The van der Waals surface area contributed by atoms with E-state index in [1.54, 1.807) is 6.26 Å². The predicted octanol–water partition coefficient (Wildman–Crippen LogP) is 5.06. The molecule has 2 atom stereocenters. The van der Waals surface area contributed by atoms with E-state index in [0.717, 1.165) is 50.7 Å². The van der Waals surface area contributed by atoms with Crippen molar-refractivity contribution >= 4 is 22.8 Å². The van der Waals surface area contributed by atoms with E-state index in [1.165, 1.54) is 10.9 Å². The highest BCUT2D eigenvalue weighted by Gasteiger charge is 2.43. The summed E-state index contributed by atoms with van der Waals surface area (Å²) in [5.41, 5.74) is 2.99. The van der Waals surface area contributed by atoms with E-state index in [4.69, 9.17) is 9.15 Å². The van der Waals surface area contributed by atoms with Gasteiger partial charge in [-0.15, -0.1) is 0 Å². The maximum absolute atomic E-state index is 13.5. The summed E-state index contributed by atoms with van der Waals surface area (Å²) in [6, 6.07) is 16.5. The zero-order valence-electron chi connectivity index (χ0n) is 20.0. The average molecular weight is 473 g/mol. The third kappa shape index (κ3) is 4.42. The van der Waals surface area contributed by atoms with Gasteiger partial charge in [-0.1, -0.05) is 18.2 Å². The van der Waals surface area contributed by atoms with Crippen molar-refractivity contribution in [3.05, 3.63) is 65.9 Å². The third-order valence-electron chi connectivity index (χ3n) is 8.04. The largest absolute Gasteiger partial charge is 0.492 e. The first-order valence-electron chi connectivity index (χ1n) is 12.9. The lowest BCUT2D eigenvalue weighted by Crippen LogP contribution is -2.46. The van der Waals surface area contributed by atoms with Crippen LogP contribution in [0.1, 0.15) is 54.4 Å². The first-order valence-corrected chi connectivity index (χ1v) is 12.9. The maximum atomic E-state index is 13.5. The van der Waals surface area contributed by atoms with Gasteiger partial charge in [0.1, 0.15) is 17.9 Å². The van der Waals surface area contributed by atoms with Crippen molar-refractivity contribution < 1.29 is 18.7 Å². The highest BCUT2D eigenvalue weighted by atomic mass is 16.5. The molecule has 3 aromatic rings. The number of hydrogen-bond donors (Lipinski definition) is 0. The van der Waals surface area contributed by atoms with Crippen molar-refractivity contribution in [1.82, 2.24) is 9.80 Å². The normalized spacial score (nSPS) is 23.9. The molecule has 2 bridgehead atoms. The molecule has 0 radical (unpaired) electrons. The van der Waals surface area contributed by atoms with E-state index >= 15 is 0 Å². The van der Waals surface area contributed by atoms with Crippen LogP contribution >= 0.6 is 0 Å². The van der Waals surface area contributed by atoms with E-state index in [-0.39, 0.29) is 11.8 Å². The minimum atomic E-state index is 0.119. The summed E-state index contributed by atoms with van der Waals surface area (Å²) < 4.78 is 11.5. The van der Waals surface area contributed by atoms with Gasteiger partial charge in [0.25, 0.3) is 5.91 Å². The molecule has 182 valence electrons. The van der Waals surface area contributed by atoms with Crippen LogP contribution in [-0.4, -0.2) is 53.4 Å². The van der Waals surface area contributed by atoms with E-state index < -0.39 is 0 Å². The number of piperidine rings is 1. The molecule has 1 aromatic heterocycles. The molecule has 2 aromatic carbocycles. The molecule has 0 N–H and O–H groups in total. The molecule has 0 spiro atoms. The molecule has 6 heteroatoms. The molecule has 3 saturated heterocycles. The average Bonchev–Trinajstić information content (AvgIpc) is 3.57. The molecule has 0 saturated carbocycles. The lowest BCUT2D eigenvalue weighted by molar-refractivity contribution is -0.128.